The van der Waals surface area contributed by atoms with Crippen LogP contribution in [0, 0.1) is 17.2 Å². The molecule has 13 nitrogen and oxygen atoms in total. The van der Waals surface area contributed by atoms with Gasteiger partial charge in [0, 0.05) is 22.7 Å². The minimum absolute atomic E-state index is 0. The van der Waals surface area contributed by atoms with Crippen LogP contribution in [0.2, 0.25) is 0 Å². The first-order valence-corrected chi connectivity index (χ1v) is 20.2. The Bertz CT molecular complexity index is 2070. The lowest BCUT2D eigenvalue weighted by atomic mass is 9.94. The summed E-state index contributed by atoms with van der Waals surface area (Å²) in [7, 11) is 0. The summed E-state index contributed by atoms with van der Waals surface area (Å²) in [5, 5.41) is 18.7. The van der Waals surface area contributed by atoms with Gasteiger partial charge in [-0.05, 0) is 112 Å². The molecule has 0 aliphatic carbocycles. The zero-order chi connectivity index (χ0) is 41.1. The summed E-state index contributed by atoms with van der Waals surface area (Å²) in [6.07, 6.45) is -0.352. The van der Waals surface area contributed by atoms with Crippen LogP contribution in [0.4, 0.5) is 30.2 Å². The minimum atomic E-state index is -4.81. The highest BCUT2D eigenvalue weighted by molar-refractivity contribution is 8.17. The van der Waals surface area contributed by atoms with Gasteiger partial charge in [0.15, 0.2) is 5.69 Å². The predicted molar refractivity (Wildman–Crippen MR) is 218 cm³/mol. The van der Waals surface area contributed by atoms with Crippen molar-refractivity contribution >= 4 is 64.2 Å². The van der Waals surface area contributed by atoms with E-state index in [2.05, 4.69) is 30.7 Å². The van der Waals surface area contributed by atoms with Gasteiger partial charge in [0.1, 0.15) is 17.9 Å². The molecule has 3 saturated heterocycles. The van der Waals surface area contributed by atoms with Gasteiger partial charge >= 0.3 is 6.18 Å². The number of likely N-dealkylation sites (tertiary alicyclic amines) is 1. The molecule has 4 amide bonds. The number of nitrogens with zero attached hydrogens (tertiary/aromatic N) is 4. The number of halogens is 4. The number of thiol groups is 1. The molecular weight excluding hydrogens is 797 g/mol. The third kappa shape index (κ3) is 10.2. The zero-order valence-electron chi connectivity index (χ0n) is 32.6. The maximum Gasteiger partial charge on any atom is 0.419 e. The highest BCUT2D eigenvalue weighted by Gasteiger charge is 2.47. The summed E-state index contributed by atoms with van der Waals surface area (Å²) in [4.78, 5) is 59.9. The fourth-order valence-electron chi connectivity index (χ4n) is 7.23. The van der Waals surface area contributed by atoms with E-state index in [1.54, 1.807) is 38.1 Å². The van der Waals surface area contributed by atoms with Gasteiger partial charge < -0.3 is 15.4 Å². The topological polar surface area (TPSA) is 169 Å². The maximum absolute atomic E-state index is 13.7. The number of nitriles is 1. The molecule has 58 heavy (non-hydrogen) atoms. The van der Waals surface area contributed by atoms with Crippen molar-refractivity contribution in [3.05, 3.63) is 71.5 Å². The molecule has 312 valence electrons. The first-order valence-electron chi connectivity index (χ1n) is 18.9. The van der Waals surface area contributed by atoms with Crippen molar-refractivity contribution in [2.45, 2.75) is 87.6 Å². The van der Waals surface area contributed by atoms with Crippen molar-refractivity contribution in [1.29, 1.82) is 5.26 Å². The molecule has 2 aromatic carbocycles. The quantitative estimate of drug-likeness (QED) is 0.101. The number of amides is 4. The van der Waals surface area contributed by atoms with Gasteiger partial charge in [0.25, 0.3) is 5.91 Å². The van der Waals surface area contributed by atoms with Crippen LogP contribution in [0.1, 0.15) is 82.5 Å². The number of ether oxygens (including phenoxy) is 1. The number of pyridine rings is 1. The third-order valence-electron chi connectivity index (χ3n) is 10.5. The van der Waals surface area contributed by atoms with Gasteiger partial charge in [-0.3, -0.25) is 29.4 Å². The van der Waals surface area contributed by atoms with E-state index < -0.39 is 45.2 Å². The fourth-order valence-corrected chi connectivity index (χ4v) is 9.43. The van der Waals surface area contributed by atoms with E-state index in [9.17, 15) is 32.3 Å². The molecule has 2 atom stereocenters. The van der Waals surface area contributed by atoms with E-state index in [1.165, 1.54) is 6.07 Å². The average molecular weight is 845 g/mol. The van der Waals surface area contributed by atoms with Crippen molar-refractivity contribution in [3.63, 3.8) is 0 Å². The molecule has 0 saturated carbocycles. The number of imide groups is 1. The lowest BCUT2D eigenvalue weighted by molar-refractivity contribution is -0.138. The number of hydrazine groups is 1. The molecule has 4 N–H and O–H groups in total. The van der Waals surface area contributed by atoms with E-state index >= 15 is 0 Å². The van der Waals surface area contributed by atoms with Gasteiger partial charge in [-0.2, -0.15) is 23.3 Å². The molecule has 3 aliphatic heterocycles. The van der Waals surface area contributed by atoms with Crippen molar-refractivity contribution < 1.29 is 37.1 Å². The standard InChI is InChI=1S/C40H47F3N8O5S.ClH/c1-24(2)30-20-29(57-39(3,4)38(55)51(49-57)28-19-31(40(41,42)43)33(21-44)45-22-28)8-10-34(30)56-17-14-25-12-15-50(16-13-25)23-36(53)47-27-7-5-6-26(18-27)46-32-9-11-35(52)48-37(32)54;/h5-8,10,18-20,22,24-25,32,46,49,57H,9,11-17,23H2,1-4H3,(H,47,53)(H,48,52,54);1H. The van der Waals surface area contributed by atoms with E-state index in [-0.39, 0.29) is 54.7 Å². The number of aromatic nitrogens is 1. The van der Waals surface area contributed by atoms with Crippen LogP contribution < -0.4 is 30.5 Å². The second-order valence-electron chi connectivity index (χ2n) is 15.3. The molecule has 1 aromatic heterocycles. The second-order valence-corrected chi connectivity index (χ2v) is 17.8. The number of benzene rings is 2. The highest BCUT2D eigenvalue weighted by atomic mass is 35.5. The lowest BCUT2D eigenvalue weighted by Gasteiger charge is -2.31. The summed E-state index contributed by atoms with van der Waals surface area (Å²) in [6.45, 7) is 9.94. The monoisotopic (exact) mass is 844 g/mol. The van der Waals surface area contributed by atoms with Gasteiger partial charge in [-0.25, -0.2) is 9.99 Å². The van der Waals surface area contributed by atoms with Gasteiger partial charge in [-0.15, -0.1) is 23.5 Å². The van der Waals surface area contributed by atoms with E-state index in [0.717, 1.165) is 65.8 Å². The molecule has 0 spiro atoms. The smallest absolute Gasteiger partial charge is 0.419 e. The number of anilines is 3. The van der Waals surface area contributed by atoms with Crippen molar-refractivity contribution in [1.82, 2.24) is 20.0 Å². The Labute approximate surface area is 344 Å². The van der Waals surface area contributed by atoms with Crippen molar-refractivity contribution in [3.8, 4) is 11.8 Å². The molecule has 0 bridgehead atoms. The molecule has 2 unspecified atom stereocenters. The molecule has 3 fully saturated rings. The fraction of sp³-hybridized carbons (Fsp3) is 0.450. The van der Waals surface area contributed by atoms with Crippen LogP contribution in [0.15, 0.2) is 59.6 Å². The van der Waals surface area contributed by atoms with E-state index in [0.29, 0.717) is 30.3 Å². The number of carbonyl (C=O) groups excluding carboxylic acids is 4. The number of carbonyl (C=O) groups is 4. The Morgan fingerprint density at radius 1 is 1.09 bits per heavy atom. The SMILES string of the molecule is CC(C)c1cc([SH]2NN(c3cnc(C#N)c(C(F)(F)F)c3)C(=O)C2(C)C)ccc1OCCC1CCN(CC(=O)Nc2cccc(NC3CCC(=O)NC3=O)c2)CC1.Cl. The highest BCUT2D eigenvalue weighted by Crippen LogP contribution is 2.52. The van der Waals surface area contributed by atoms with Gasteiger partial charge in [-0.1, -0.05) is 19.9 Å². The second kappa shape index (κ2) is 18.4. The van der Waals surface area contributed by atoms with E-state index in [1.807, 2.05) is 32.0 Å². The number of nitrogens with one attached hydrogen (secondary N) is 4. The average Bonchev–Trinajstić information content (AvgIpc) is 3.40. The molecule has 3 aliphatic rings. The molecular formula is C40H48ClF3N8O5S. The van der Waals surface area contributed by atoms with Crippen LogP contribution in [0.3, 0.4) is 0 Å². The summed E-state index contributed by atoms with van der Waals surface area (Å²) in [6, 6.07) is 14.7. The van der Waals surface area contributed by atoms with Gasteiger partial charge in [0.05, 0.1) is 35.3 Å². The Balaban J connectivity index is 0.00000641. The zero-order valence-corrected chi connectivity index (χ0v) is 34.3. The van der Waals surface area contributed by atoms with E-state index in [4.69, 9.17) is 10.00 Å². The lowest BCUT2D eigenvalue weighted by Crippen LogP contribution is -2.47. The predicted octanol–water partition coefficient (Wildman–Crippen LogP) is 6.46. The number of rotatable bonds is 12. The number of alkyl halides is 3. The van der Waals surface area contributed by atoms with Crippen LogP contribution in [0.25, 0.3) is 0 Å². The third-order valence-corrected chi connectivity index (χ3v) is 13.0. The minimum Gasteiger partial charge on any atom is -0.493 e. The summed E-state index contributed by atoms with van der Waals surface area (Å²) < 4.78 is 46.4. The largest absolute Gasteiger partial charge is 0.493 e. The van der Waals surface area contributed by atoms with Crippen LogP contribution in [-0.2, 0) is 25.4 Å². The number of hydrogen-bond donors (Lipinski definition) is 5. The Hall–Kier alpha value is -4.89. The molecule has 0 radical (unpaired) electrons. The van der Waals surface area contributed by atoms with Crippen molar-refractivity contribution in [2.24, 2.45) is 5.92 Å². The normalized spacial score (nSPS) is 20.6. The first kappa shape index (κ1) is 44.2. The Morgan fingerprint density at radius 3 is 2.48 bits per heavy atom. The van der Waals surface area contributed by atoms with Crippen LogP contribution >= 0.6 is 23.5 Å². The summed E-state index contributed by atoms with van der Waals surface area (Å²) in [5.74, 6) is 0.0793. The Morgan fingerprint density at radius 2 is 1.81 bits per heavy atom. The molecule has 3 aromatic rings. The van der Waals surface area contributed by atoms with Gasteiger partial charge in [0.2, 0.25) is 17.7 Å². The number of hydrogen-bond acceptors (Lipinski definition) is 10. The maximum atomic E-state index is 13.7. The summed E-state index contributed by atoms with van der Waals surface area (Å²) in [5.41, 5.74) is 0.188. The van der Waals surface area contributed by atoms with Crippen molar-refractivity contribution in [2.75, 3.05) is 41.9 Å². The molecule has 4 heterocycles. The first-order chi connectivity index (χ1) is 27.0. The summed E-state index contributed by atoms with van der Waals surface area (Å²) >= 11 is -1.41. The molecule has 18 heteroatoms. The molecule has 6 rings (SSSR count). The van der Waals surface area contributed by atoms with Crippen LogP contribution in [-0.4, -0.2) is 70.5 Å². The number of piperidine rings is 2. The Kier molecular flexibility index (Phi) is 14.0. The van der Waals surface area contributed by atoms with Crippen LogP contribution in [0.5, 0.6) is 5.75 Å².